The van der Waals surface area contributed by atoms with E-state index in [1.165, 1.54) is 0 Å². The minimum absolute atomic E-state index is 0.176. The van der Waals surface area contributed by atoms with E-state index in [1.54, 1.807) is 0 Å². The highest BCUT2D eigenvalue weighted by Gasteiger charge is 2.46. The fourth-order valence-corrected chi connectivity index (χ4v) is 2.71. The third-order valence-electron chi connectivity index (χ3n) is 3.62. The molecule has 2 aromatic carbocycles. The van der Waals surface area contributed by atoms with Crippen LogP contribution in [0.15, 0.2) is 60.7 Å². The summed E-state index contributed by atoms with van der Waals surface area (Å²) in [4.78, 5) is 0. The Hall–Kier alpha value is -1.68. The van der Waals surface area contributed by atoms with Crippen LogP contribution in [0, 0.1) is 0 Å². The van der Waals surface area contributed by atoms with Crippen molar-refractivity contribution in [1.82, 2.24) is 0 Å². The molecule has 2 aromatic rings. The molecule has 110 valence electrons. The van der Waals surface area contributed by atoms with E-state index >= 15 is 0 Å². The minimum Gasteiger partial charge on any atom is -0.328 e. The number of ether oxygens (including phenoxy) is 3. The quantitative estimate of drug-likeness (QED) is 0.841. The maximum Gasteiger partial charge on any atom is 0.281 e. The molecule has 0 radical (unpaired) electrons. The van der Waals surface area contributed by atoms with Crippen molar-refractivity contribution < 1.29 is 14.2 Å². The van der Waals surface area contributed by atoms with Crippen molar-refractivity contribution in [3.63, 3.8) is 0 Å². The van der Waals surface area contributed by atoms with Gasteiger partial charge in [0.2, 0.25) is 0 Å². The van der Waals surface area contributed by atoms with Crippen molar-refractivity contribution in [2.45, 2.75) is 32.0 Å². The third-order valence-corrected chi connectivity index (χ3v) is 3.62. The Labute approximate surface area is 125 Å². The molecule has 0 aromatic heterocycles. The van der Waals surface area contributed by atoms with E-state index in [0.717, 1.165) is 11.1 Å². The zero-order chi connectivity index (χ0) is 14.7. The van der Waals surface area contributed by atoms with Crippen molar-refractivity contribution in [3.05, 3.63) is 71.8 Å². The average molecular weight is 284 g/mol. The molecule has 1 saturated heterocycles. The average Bonchev–Trinajstić information content (AvgIpc) is 2.87. The molecule has 2 atom stereocenters. The first-order chi connectivity index (χ1) is 10.2. The van der Waals surface area contributed by atoms with Gasteiger partial charge in [0.1, 0.15) is 12.2 Å². The summed E-state index contributed by atoms with van der Waals surface area (Å²) in [6.45, 7) is 4.31. The maximum atomic E-state index is 6.10. The lowest BCUT2D eigenvalue weighted by Gasteiger charge is -2.22. The van der Waals surface area contributed by atoms with Gasteiger partial charge < -0.3 is 14.2 Å². The fraction of sp³-hybridized carbons (Fsp3) is 0.333. The first-order valence-corrected chi connectivity index (χ1v) is 7.31. The monoisotopic (exact) mass is 284 g/mol. The van der Waals surface area contributed by atoms with Gasteiger partial charge in [-0.2, -0.15) is 0 Å². The van der Waals surface area contributed by atoms with Gasteiger partial charge in [0, 0.05) is 13.5 Å². The summed E-state index contributed by atoms with van der Waals surface area (Å²) in [7, 11) is 0. The summed E-state index contributed by atoms with van der Waals surface area (Å²) in [5.41, 5.74) is 2.18. The van der Waals surface area contributed by atoms with Crippen LogP contribution in [-0.4, -0.2) is 12.6 Å². The van der Waals surface area contributed by atoms with E-state index in [1.807, 2.05) is 50.2 Å². The summed E-state index contributed by atoms with van der Waals surface area (Å²) in [5.74, 6) is -1.00. The van der Waals surface area contributed by atoms with Gasteiger partial charge in [-0.3, -0.25) is 0 Å². The highest BCUT2D eigenvalue weighted by Crippen LogP contribution is 2.47. The van der Waals surface area contributed by atoms with Gasteiger partial charge in [-0.05, 0) is 18.1 Å². The van der Waals surface area contributed by atoms with E-state index in [2.05, 4.69) is 24.3 Å². The standard InChI is InChI=1S/C18H20O3/c1-3-19-18(2)20-16(14-10-6-4-7-11-14)17(21-18)15-12-8-5-9-13-15/h4-13,16-17H,3H2,1-2H3/t16-,17-/m0/s1. The molecular weight excluding hydrogens is 264 g/mol. The van der Waals surface area contributed by atoms with E-state index in [0.29, 0.717) is 6.61 Å². The van der Waals surface area contributed by atoms with Gasteiger partial charge in [0.25, 0.3) is 5.97 Å². The van der Waals surface area contributed by atoms with Crippen molar-refractivity contribution in [2.24, 2.45) is 0 Å². The van der Waals surface area contributed by atoms with Crippen LogP contribution in [0.1, 0.15) is 37.2 Å². The molecule has 0 saturated carbocycles. The molecule has 0 N–H and O–H groups in total. The second kappa shape index (κ2) is 5.98. The lowest BCUT2D eigenvalue weighted by molar-refractivity contribution is -0.329. The van der Waals surface area contributed by atoms with Crippen LogP contribution in [0.3, 0.4) is 0 Å². The molecular formula is C18H20O3. The van der Waals surface area contributed by atoms with Gasteiger partial charge in [0.05, 0.1) is 0 Å². The minimum atomic E-state index is -1.00. The Bertz CT molecular complexity index is 520. The maximum absolute atomic E-state index is 6.10. The lowest BCUT2D eigenvalue weighted by Crippen LogP contribution is -2.29. The smallest absolute Gasteiger partial charge is 0.281 e. The number of hydrogen-bond donors (Lipinski definition) is 0. The number of rotatable bonds is 4. The SMILES string of the molecule is CCOC1(C)O[C@@H](c2ccccc2)[C@H](c2ccccc2)O1. The molecule has 3 nitrogen and oxygen atoms in total. The van der Waals surface area contributed by atoms with Crippen molar-refractivity contribution in [1.29, 1.82) is 0 Å². The van der Waals surface area contributed by atoms with Crippen molar-refractivity contribution in [2.75, 3.05) is 6.61 Å². The van der Waals surface area contributed by atoms with Gasteiger partial charge in [-0.15, -0.1) is 0 Å². The largest absolute Gasteiger partial charge is 0.328 e. The van der Waals surface area contributed by atoms with E-state index in [9.17, 15) is 0 Å². The number of benzene rings is 2. The van der Waals surface area contributed by atoms with Crippen LogP contribution in [-0.2, 0) is 14.2 Å². The molecule has 3 heteroatoms. The molecule has 1 aliphatic heterocycles. The molecule has 0 spiro atoms. The van der Waals surface area contributed by atoms with Crippen molar-refractivity contribution >= 4 is 0 Å². The molecule has 0 bridgehead atoms. The van der Waals surface area contributed by atoms with Gasteiger partial charge in [0.15, 0.2) is 0 Å². The Kier molecular flexibility index (Phi) is 4.06. The van der Waals surface area contributed by atoms with Gasteiger partial charge in [-0.25, -0.2) is 0 Å². The summed E-state index contributed by atoms with van der Waals surface area (Å²) in [5, 5.41) is 0. The number of hydrogen-bond acceptors (Lipinski definition) is 3. The fourth-order valence-electron chi connectivity index (χ4n) is 2.71. The van der Waals surface area contributed by atoms with Gasteiger partial charge in [-0.1, -0.05) is 60.7 Å². The second-order valence-electron chi connectivity index (χ2n) is 5.19. The molecule has 1 heterocycles. The molecule has 1 fully saturated rings. The Morgan fingerprint density at radius 3 is 1.67 bits per heavy atom. The molecule has 3 rings (SSSR count). The Morgan fingerprint density at radius 2 is 1.29 bits per heavy atom. The summed E-state index contributed by atoms with van der Waals surface area (Å²) < 4.78 is 17.8. The Morgan fingerprint density at radius 1 is 0.857 bits per heavy atom. The summed E-state index contributed by atoms with van der Waals surface area (Å²) in [6, 6.07) is 20.3. The van der Waals surface area contributed by atoms with E-state index < -0.39 is 5.97 Å². The molecule has 1 aliphatic rings. The zero-order valence-corrected chi connectivity index (χ0v) is 12.4. The van der Waals surface area contributed by atoms with Crippen LogP contribution >= 0.6 is 0 Å². The van der Waals surface area contributed by atoms with Crippen LogP contribution in [0.4, 0.5) is 0 Å². The molecule has 0 unspecified atom stereocenters. The van der Waals surface area contributed by atoms with Gasteiger partial charge >= 0.3 is 0 Å². The first-order valence-electron chi connectivity index (χ1n) is 7.31. The topological polar surface area (TPSA) is 27.7 Å². The lowest BCUT2D eigenvalue weighted by atomic mass is 9.99. The molecule has 21 heavy (non-hydrogen) atoms. The van der Waals surface area contributed by atoms with E-state index in [4.69, 9.17) is 14.2 Å². The zero-order valence-electron chi connectivity index (χ0n) is 12.4. The van der Waals surface area contributed by atoms with E-state index in [-0.39, 0.29) is 12.2 Å². The summed E-state index contributed by atoms with van der Waals surface area (Å²) >= 11 is 0. The Balaban J connectivity index is 1.95. The normalized spacial score (nSPS) is 24.1. The molecule has 0 amide bonds. The predicted molar refractivity (Wildman–Crippen MR) is 80.6 cm³/mol. The molecule has 0 aliphatic carbocycles. The van der Waals surface area contributed by atoms with Crippen LogP contribution < -0.4 is 0 Å². The first kappa shape index (κ1) is 14.3. The highest BCUT2D eigenvalue weighted by atomic mass is 16.9. The van der Waals surface area contributed by atoms with Crippen LogP contribution in [0.5, 0.6) is 0 Å². The summed E-state index contributed by atoms with van der Waals surface area (Å²) in [6.07, 6.45) is -0.352. The second-order valence-corrected chi connectivity index (χ2v) is 5.19. The predicted octanol–water partition coefficient (Wildman–Crippen LogP) is 4.23. The van der Waals surface area contributed by atoms with Crippen LogP contribution in [0.25, 0.3) is 0 Å². The third kappa shape index (κ3) is 3.00. The van der Waals surface area contributed by atoms with Crippen molar-refractivity contribution in [3.8, 4) is 0 Å². The highest BCUT2D eigenvalue weighted by molar-refractivity contribution is 5.26. The van der Waals surface area contributed by atoms with Crippen LogP contribution in [0.2, 0.25) is 0 Å².